The summed E-state index contributed by atoms with van der Waals surface area (Å²) >= 11 is 0.944. The molecule has 0 aliphatic rings. The third kappa shape index (κ3) is 11.0. The largest absolute Gasteiger partial charge is 0.505 e. The van der Waals surface area contributed by atoms with Gasteiger partial charge in [0.15, 0.2) is 15.6 Å². The summed E-state index contributed by atoms with van der Waals surface area (Å²) in [7, 11) is -14.9. The molecular weight excluding hydrogens is 775 g/mol. The summed E-state index contributed by atoms with van der Waals surface area (Å²) in [5.41, 5.74) is 6.63. The number of azo groups is 2. The van der Waals surface area contributed by atoms with Crippen LogP contribution in [0, 0.1) is 6.92 Å². The summed E-state index contributed by atoms with van der Waals surface area (Å²) < 4.78 is 110. The molecule has 0 spiro atoms. The average Bonchev–Trinajstić information content (AvgIpc) is 3.03. The summed E-state index contributed by atoms with van der Waals surface area (Å²) in [6, 6.07) is 13.7. The van der Waals surface area contributed by atoms with Gasteiger partial charge in [-0.15, -0.1) is 10.2 Å². The van der Waals surface area contributed by atoms with Crippen molar-refractivity contribution in [3.05, 3.63) is 66.2 Å². The summed E-state index contributed by atoms with van der Waals surface area (Å²) in [6.45, 7) is 0.954. The van der Waals surface area contributed by atoms with Gasteiger partial charge in [0.1, 0.15) is 16.3 Å². The van der Waals surface area contributed by atoms with Gasteiger partial charge in [0, 0.05) is 27.7 Å². The van der Waals surface area contributed by atoms with Crippen molar-refractivity contribution in [2.45, 2.75) is 21.6 Å². The van der Waals surface area contributed by atoms with Crippen molar-refractivity contribution in [1.82, 2.24) is 0 Å². The van der Waals surface area contributed by atoms with E-state index in [9.17, 15) is 39.1 Å². The minimum atomic E-state index is -4.97. The highest BCUT2D eigenvalue weighted by molar-refractivity contribution is 7.94. The molecule has 5 N–H and O–H groups in total. The van der Waals surface area contributed by atoms with E-state index in [0.29, 0.717) is 21.9 Å². The van der Waals surface area contributed by atoms with Crippen LogP contribution in [-0.2, 0) is 54.6 Å². The standard InChI is InChI=1S/C28H29N5O13S5/c1-17-15-18-16-23(50(38,39)40)27(33-31-20-5-9-22(10-6-20)49(36,37)14-12-45-51(41,42)43)28(34)24(18)25(29)26(17)32-30-19-3-7-21(8-4-19)47-46-44-11-13-48(2)35/h3-10,15-16,34H,11-14,29H2,1-2H3,(H,38,39,40)(H,41,42,43). The number of nitrogens with two attached hydrogens (primary N) is 1. The van der Waals surface area contributed by atoms with E-state index in [0.717, 1.165) is 30.2 Å². The number of aryl methyl sites for hydroxylation is 1. The molecular formula is C28H29N5O13S5. The molecule has 0 aliphatic heterocycles. The predicted molar refractivity (Wildman–Crippen MR) is 187 cm³/mol. The number of nitrogen functional groups attached to an aromatic ring is 1. The van der Waals surface area contributed by atoms with E-state index in [1.165, 1.54) is 18.2 Å². The number of fused-ring (bicyclic) bond motifs is 1. The lowest BCUT2D eigenvalue weighted by atomic mass is 10.0. The summed E-state index contributed by atoms with van der Waals surface area (Å²) in [5, 5.41) is 27.4. The van der Waals surface area contributed by atoms with Gasteiger partial charge >= 0.3 is 10.4 Å². The van der Waals surface area contributed by atoms with Crippen LogP contribution in [0.4, 0.5) is 28.4 Å². The van der Waals surface area contributed by atoms with E-state index in [4.69, 9.17) is 19.5 Å². The second kappa shape index (κ2) is 16.6. The number of benzene rings is 4. The van der Waals surface area contributed by atoms with Gasteiger partial charge in [-0.05, 0) is 78.5 Å². The number of anilines is 1. The average molecular weight is 804 g/mol. The molecule has 4 aromatic rings. The monoisotopic (exact) mass is 803 g/mol. The number of rotatable bonds is 16. The molecule has 0 fully saturated rings. The second-order valence-electron chi connectivity index (χ2n) is 10.3. The molecule has 0 saturated carbocycles. The number of aromatic hydroxyl groups is 1. The van der Waals surface area contributed by atoms with Crippen molar-refractivity contribution in [3.8, 4) is 5.75 Å². The normalized spacial score (nSPS) is 13.4. The number of phenolic OH excluding ortho intramolecular Hbond substituents is 1. The Kier molecular flexibility index (Phi) is 13.0. The van der Waals surface area contributed by atoms with Crippen LogP contribution in [0.15, 0.2) is 95.8 Å². The first-order chi connectivity index (χ1) is 23.9. The maximum atomic E-state index is 12.4. The molecule has 0 aliphatic carbocycles. The third-order valence-corrected chi connectivity index (χ3v) is 11.0. The highest BCUT2D eigenvalue weighted by Crippen LogP contribution is 2.47. The van der Waals surface area contributed by atoms with Crippen LogP contribution < -0.4 is 5.73 Å². The molecule has 0 saturated heterocycles. The van der Waals surface area contributed by atoms with E-state index >= 15 is 0 Å². The zero-order valence-corrected chi connectivity index (χ0v) is 30.5. The fraction of sp³-hybridized carbons (Fsp3) is 0.214. The van der Waals surface area contributed by atoms with Gasteiger partial charge in [0.25, 0.3) is 10.1 Å². The predicted octanol–water partition coefficient (Wildman–Crippen LogP) is 5.44. The molecule has 1 unspecified atom stereocenters. The van der Waals surface area contributed by atoms with Crippen LogP contribution in [0.2, 0.25) is 0 Å². The van der Waals surface area contributed by atoms with E-state index in [1.54, 1.807) is 37.4 Å². The maximum absolute atomic E-state index is 12.4. The van der Waals surface area contributed by atoms with E-state index in [2.05, 4.69) is 24.6 Å². The van der Waals surface area contributed by atoms with Crippen LogP contribution in [0.5, 0.6) is 5.75 Å². The molecule has 4 rings (SSSR count). The number of nitrogens with zero attached hydrogens (tertiary/aromatic N) is 4. The van der Waals surface area contributed by atoms with Crippen molar-refractivity contribution in [2.75, 3.05) is 36.7 Å². The highest BCUT2D eigenvalue weighted by atomic mass is 32.3. The molecule has 23 heteroatoms. The smallest absolute Gasteiger partial charge is 0.397 e. The number of hydrogen-bond donors (Lipinski definition) is 4. The Balaban J connectivity index is 1.61. The minimum absolute atomic E-state index is 0.00650. The molecule has 18 nitrogen and oxygen atoms in total. The molecule has 0 aromatic heterocycles. The van der Waals surface area contributed by atoms with Crippen LogP contribution in [0.3, 0.4) is 0 Å². The zero-order valence-electron chi connectivity index (χ0n) is 26.4. The molecule has 0 bridgehead atoms. The van der Waals surface area contributed by atoms with E-state index in [1.807, 2.05) is 0 Å². The van der Waals surface area contributed by atoms with Crippen molar-refractivity contribution in [1.29, 1.82) is 0 Å². The quantitative estimate of drug-likeness (QED) is 0.0209. The van der Waals surface area contributed by atoms with Gasteiger partial charge in [-0.3, -0.25) is 13.3 Å². The van der Waals surface area contributed by atoms with Crippen molar-refractivity contribution in [3.63, 3.8) is 0 Å². The Morgan fingerprint density at radius 1 is 0.843 bits per heavy atom. The van der Waals surface area contributed by atoms with Gasteiger partial charge < -0.3 is 10.8 Å². The van der Waals surface area contributed by atoms with E-state index in [-0.39, 0.29) is 39.3 Å². The molecule has 274 valence electrons. The first kappa shape index (κ1) is 39.9. The third-order valence-electron chi connectivity index (χ3n) is 6.60. The first-order valence-electron chi connectivity index (χ1n) is 14.1. The fourth-order valence-electron chi connectivity index (χ4n) is 4.23. The lowest BCUT2D eigenvalue weighted by Crippen LogP contribution is -2.15. The number of hydrogen-bond acceptors (Lipinski definition) is 17. The Hall–Kier alpha value is -3.91. The van der Waals surface area contributed by atoms with Crippen LogP contribution in [0.25, 0.3) is 10.8 Å². The SMILES string of the molecule is Cc1cc2cc(S(=O)(=O)O)c(N=Nc3ccc(S(=O)(=O)CCOS(=O)(=O)O)cc3)c(O)c2c(N)c1N=Nc1ccc(SOOCCS(C)=O)cc1. The van der Waals surface area contributed by atoms with Crippen molar-refractivity contribution < 1.29 is 57.1 Å². The molecule has 4 aromatic carbocycles. The van der Waals surface area contributed by atoms with Gasteiger partial charge in [-0.1, -0.05) is 0 Å². The lowest BCUT2D eigenvalue weighted by Gasteiger charge is -2.13. The summed E-state index contributed by atoms with van der Waals surface area (Å²) in [5.74, 6) is -1.20. The number of sulfone groups is 1. The Morgan fingerprint density at radius 3 is 2.00 bits per heavy atom. The summed E-state index contributed by atoms with van der Waals surface area (Å²) in [4.78, 5) is 4.58. The molecule has 51 heavy (non-hydrogen) atoms. The molecule has 0 amide bonds. The highest BCUT2D eigenvalue weighted by Gasteiger charge is 2.25. The van der Waals surface area contributed by atoms with Crippen LogP contribution >= 0.6 is 12.0 Å². The topological polar surface area (TPSA) is 283 Å². The first-order valence-corrected chi connectivity index (χ1v) is 21.0. The van der Waals surface area contributed by atoms with Crippen LogP contribution in [0.1, 0.15) is 5.56 Å². The fourth-order valence-corrected chi connectivity index (χ4v) is 7.12. The van der Waals surface area contributed by atoms with Crippen molar-refractivity contribution in [2.24, 2.45) is 20.5 Å². The van der Waals surface area contributed by atoms with E-state index < -0.39 is 69.8 Å². The number of phenols is 1. The Labute approximate surface area is 299 Å². The zero-order chi connectivity index (χ0) is 37.6. The lowest BCUT2D eigenvalue weighted by molar-refractivity contribution is -0.184. The van der Waals surface area contributed by atoms with Gasteiger partial charge in [-0.25, -0.2) is 17.5 Å². The van der Waals surface area contributed by atoms with Gasteiger partial charge in [0.05, 0.1) is 58.4 Å². The van der Waals surface area contributed by atoms with Gasteiger partial charge in [0.2, 0.25) is 0 Å². The maximum Gasteiger partial charge on any atom is 0.397 e. The summed E-state index contributed by atoms with van der Waals surface area (Å²) in [6.07, 6.45) is 1.55. The van der Waals surface area contributed by atoms with Crippen molar-refractivity contribution >= 4 is 92.4 Å². The molecule has 0 radical (unpaired) electrons. The second-order valence-corrected chi connectivity index (χ2v) is 17.2. The molecule has 1 atom stereocenters. The Morgan fingerprint density at radius 2 is 1.43 bits per heavy atom. The van der Waals surface area contributed by atoms with Crippen LogP contribution in [-0.4, -0.2) is 74.6 Å². The Bertz CT molecular complexity index is 2340. The minimum Gasteiger partial charge on any atom is -0.505 e. The van der Waals surface area contributed by atoms with Gasteiger partial charge in [-0.2, -0.15) is 31.4 Å². The molecule has 0 heterocycles.